The minimum absolute atomic E-state index is 0.147. The van der Waals surface area contributed by atoms with E-state index >= 15 is 0 Å². The molecule has 0 saturated heterocycles. The molecule has 2 rings (SSSR count). The normalized spacial score (nSPS) is 12.1. The minimum Gasteiger partial charge on any atom is -0.300 e. The molecule has 0 aliphatic carbocycles. The molecule has 0 aliphatic heterocycles. The van der Waals surface area contributed by atoms with E-state index in [1.165, 1.54) is 5.56 Å². The molecule has 0 bridgehead atoms. The second-order valence-corrected chi connectivity index (χ2v) is 11.8. The van der Waals surface area contributed by atoms with Crippen molar-refractivity contribution in [3.8, 4) is 0 Å². The number of hydrogen-bond acceptors (Lipinski definition) is 3. The Labute approximate surface area is 146 Å². The van der Waals surface area contributed by atoms with Crippen LogP contribution in [0.4, 0.5) is 5.69 Å². The molecule has 4 heteroatoms. The third-order valence-electron chi connectivity index (χ3n) is 3.58. The Morgan fingerprint density at radius 1 is 0.958 bits per heavy atom. The molecule has 0 heterocycles. The number of rotatable bonds is 7. The van der Waals surface area contributed by atoms with Crippen molar-refractivity contribution in [2.45, 2.75) is 39.4 Å². The van der Waals surface area contributed by atoms with E-state index in [1.807, 2.05) is 36.4 Å². The molecule has 126 valence electrons. The van der Waals surface area contributed by atoms with E-state index < -0.39 is 8.24 Å². The number of carbonyl (C=O) groups is 1. The topological polar surface area (TPSA) is 32.7 Å². The average Bonchev–Trinajstić information content (AvgIpc) is 2.52. The summed E-state index contributed by atoms with van der Waals surface area (Å²) in [7, 11) is -1.72. The van der Waals surface area contributed by atoms with Crippen molar-refractivity contribution in [2.24, 2.45) is 5.10 Å². The molecule has 0 atom stereocenters. The lowest BCUT2D eigenvalue weighted by atomic mass is 10.1. The van der Waals surface area contributed by atoms with E-state index in [1.54, 1.807) is 6.92 Å². The predicted molar refractivity (Wildman–Crippen MR) is 105 cm³/mol. The summed E-state index contributed by atoms with van der Waals surface area (Å²) in [6.07, 6.45) is 1.09. The zero-order valence-electron chi connectivity index (χ0n) is 15.0. The van der Waals surface area contributed by atoms with Gasteiger partial charge in [-0.25, -0.2) is 0 Å². The number of Topliss-reactive ketones (excluding diaryl/α,β-unsaturated/α-hetero) is 1. The monoisotopic (exact) mass is 338 g/mol. The second kappa shape index (κ2) is 8.06. The van der Waals surface area contributed by atoms with Crippen LogP contribution in [-0.2, 0) is 11.2 Å². The lowest BCUT2D eigenvalue weighted by Gasteiger charge is -2.32. The van der Waals surface area contributed by atoms with Gasteiger partial charge in [0.25, 0.3) is 0 Å². The predicted octanol–water partition coefficient (Wildman–Crippen LogP) is 4.91. The molecular weight excluding hydrogens is 312 g/mol. The van der Waals surface area contributed by atoms with Crippen LogP contribution >= 0.6 is 0 Å². The number of benzene rings is 2. The van der Waals surface area contributed by atoms with Crippen LogP contribution in [0.5, 0.6) is 0 Å². The van der Waals surface area contributed by atoms with Crippen LogP contribution in [-0.4, -0.2) is 19.7 Å². The van der Waals surface area contributed by atoms with Crippen molar-refractivity contribution in [1.82, 2.24) is 0 Å². The summed E-state index contributed by atoms with van der Waals surface area (Å²) >= 11 is 0. The molecule has 0 aliphatic rings. The van der Waals surface area contributed by atoms with Crippen LogP contribution in [0, 0.1) is 0 Å². The average molecular weight is 339 g/mol. The molecule has 0 radical (unpaired) electrons. The number of nitrogens with zero attached hydrogens (tertiary/aromatic N) is 2. The molecular formula is C20H26N2OSi. The Balaban J connectivity index is 2.38. The first-order valence-electron chi connectivity index (χ1n) is 8.31. The molecule has 0 aromatic heterocycles. The van der Waals surface area contributed by atoms with Crippen LogP contribution < -0.4 is 4.67 Å². The second-order valence-electron chi connectivity index (χ2n) is 7.03. The number of para-hydroxylation sites is 1. The molecule has 2 aromatic rings. The van der Waals surface area contributed by atoms with Gasteiger partial charge in [-0.3, -0.25) is 9.47 Å². The molecule has 2 aromatic carbocycles. The molecule has 0 saturated carbocycles. The van der Waals surface area contributed by atoms with Crippen molar-refractivity contribution < 1.29 is 4.79 Å². The zero-order valence-corrected chi connectivity index (χ0v) is 16.0. The molecule has 0 unspecified atom stereocenters. The van der Waals surface area contributed by atoms with Gasteiger partial charge >= 0.3 is 0 Å². The number of anilines is 1. The molecule has 3 nitrogen and oxygen atoms in total. The fourth-order valence-corrected chi connectivity index (χ4v) is 3.92. The van der Waals surface area contributed by atoms with E-state index in [0.29, 0.717) is 12.8 Å². The lowest BCUT2D eigenvalue weighted by Crippen LogP contribution is -2.43. The first kappa shape index (κ1) is 18.1. The van der Waals surface area contributed by atoms with Gasteiger partial charge in [-0.05, 0) is 44.3 Å². The first-order chi connectivity index (χ1) is 11.4. The first-order valence-corrected chi connectivity index (χ1v) is 11.8. The molecule has 0 N–H and O–H groups in total. The SMILES string of the molecule is CC(=O)C/C(Cc1ccccc1)=N\N(c1ccccc1)[Si](C)(C)C. The van der Waals surface area contributed by atoms with Crippen molar-refractivity contribution in [3.05, 3.63) is 66.2 Å². The minimum atomic E-state index is -1.72. The van der Waals surface area contributed by atoms with Gasteiger partial charge in [-0.15, -0.1) is 0 Å². The summed E-state index contributed by atoms with van der Waals surface area (Å²) in [4.78, 5) is 11.7. The fraction of sp³-hybridized carbons (Fsp3) is 0.300. The van der Waals surface area contributed by atoms with Crippen molar-refractivity contribution in [3.63, 3.8) is 0 Å². The van der Waals surface area contributed by atoms with Crippen LogP contribution in [0.25, 0.3) is 0 Å². The maximum absolute atomic E-state index is 11.7. The Hall–Kier alpha value is -2.20. The third-order valence-corrected chi connectivity index (χ3v) is 5.21. The highest BCUT2D eigenvalue weighted by Gasteiger charge is 2.25. The number of carbonyl (C=O) groups excluding carboxylic acids is 1. The standard InChI is InChI=1S/C20H26N2OSi/c1-17(23)15-19(16-18-11-7-5-8-12-18)21-22(24(2,3)4)20-13-9-6-10-14-20/h5-14H,15-16H2,1-4H3/b21-19+. The lowest BCUT2D eigenvalue weighted by molar-refractivity contribution is -0.115. The van der Waals surface area contributed by atoms with Gasteiger partial charge < -0.3 is 0 Å². The Morgan fingerprint density at radius 2 is 1.50 bits per heavy atom. The van der Waals surface area contributed by atoms with Crippen molar-refractivity contribution in [1.29, 1.82) is 0 Å². The van der Waals surface area contributed by atoms with Crippen molar-refractivity contribution >= 4 is 25.4 Å². The molecule has 0 fully saturated rings. The van der Waals surface area contributed by atoms with E-state index in [2.05, 4.69) is 48.6 Å². The highest BCUT2D eigenvalue weighted by molar-refractivity contribution is 6.79. The fourth-order valence-electron chi connectivity index (χ4n) is 2.56. The van der Waals surface area contributed by atoms with Crippen LogP contribution in [0.2, 0.25) is 19.6 Å². The number of hydrazone groups is 1. The zero-order chi connectivity index (χ0) is 17.6. The van der Waals surface area contributed by atoms with Gasteiger partial charge in [0.2, 0.25) is 0 Å². The smallest absolute Gasteiger partial charge is 0.176 e. The summed E-state index contributed by atoms with van der Waals surface area (Å²) in [5, 5.41) is 4.94. The maximum atomic E-state index is 11.7. The van der Waals surface area contributed by atoms with E-state index in [0.717, 1.165) is 11.4 Å². The summed E-state index contributed by atoms with van der Waals surface area (Å²) < 4.78 is 2.15. The summed E-state index contributed by atoms with van der Waals surface area (Å²) in [5.41, 5.74) is 3.19. The molecule has 0 spiro atoms. The highest BCUT2D eigenvalue weighted by Crippen LogP contribution is 2.22. The van der Waals surface area contributed by atoms with Gasteiger partial charge in [0.15, 0.2) is 8.24 Å². The van der Waals surface area contributed by atoms with Gasteiger partial charge in [0.1, 0.15) is 5.78 Å². The molecule has 24 heavy (non-hydrogen) atoms. The van der Waals surface area contributed by atoms with Gasteiger partial charge in [-0.2, -0.15) is 5.10 Å². The number of hydrogen-bond donors (Lipinski definition) is 0. The van der Waals surface area contributed by atoms with Crippen LogP contribution in [0.15, 0.2) is 65.8 Å². The third kappa shape index (κ3) is 5.46. The van der Waals surface area contributed by atoms with Crippen LogP contribution in [0.3, 0.4) is 0 Å². The van der Waals surface area contributed by atoms with E-state index in [-0.39, 0.29) is 5.78 Å². The van der Waals surface area contributed by atoms with Gasteiger partial charge in [0, 0.05) is 24.2 Å². The summed E-state index contributed by atoms with van der Waals surface area (Å²) in [6, 6.07) is 20.4. The Morgan fingerprint density at radius 3 is 2.00 bits per heavy atom. The Kier molecular flexibility index (Phi) is 6.09. The van der Waals surface area contributed by atoms with Gasteiger partial charge in [-0.1, -0.05) is 48.5 Å². The quantitative estimate of drug-likeness (QED) is 0.408. The highest BCUT2D eigenvalue weighted by atomic mass is 28.3. The maximum Gasteiger partial charge on any atom is 0.176 e. The molecule has 0 amide bonds. The summed E-state index contributed by atoms with van der Waals surface area (Å²) in [6.45, 7) is 8.41. The van der Waals surface area contributed by atoms with E-state index in [4.69, 9.17) is 5.10 Å². The largest absolute Gasteiger partial charge is 0.300 e. The summed E-state index contributed by atoms with van der Waals surface area (Å²) in [5.74, 6) is 0.147. The van der Waals surface area contributed by atoms with Crippen LogP contribution in [0.1, 0.15) is 18.9 Å². The van der Waals surface area contributed by atoms with Gasteiger partial charge in [0.05, 0.1) is 0 Å². The number of ketones is 1. The van der Waals surface area contributed by atoms with Crippen molar-refractivity contribution in [2.75, 3.05) is 4.67 Å². The van der Waals surface area contributed by atoms with E-state index in [9.17, 15) is 4.79 Å². The Bertz CT molecular complexity index is 691.